The zero-order valence-corrected chi connectivity index (χ0v) is 36.4. The van der Waals surface area contributed by atoms with E-state index < -0.39 is 23.9 Å². The zero-order valence-electron chi connectivity index (χ0n) is 36.4. The average Bonchev–Trinajstić information content (AvgIpc) is 3.28. The molecule has 0 heterocycles. The highest BCUT2D eigenvalue weighted by molar-refractivity contribution is 5.95. The molecule has 13 nitrogen and oxygen atoms in total. The van der Waals surface area contributed by atoms with Crippen molar-refractivity contribution >= 4 is 42.0 Å². The van der Waals surface area contributed by atoms with Crippen LogP contribution in [0.3, 0.4) is 0 Å². The number of esters is 5. The van der Waals surface area contributed by atoms with Crippen molar-refractivity contribution in [2.24, 2.45) is 0 Å². The highest BCUT2D eigenvalue weighted by Gasteiger charge is 2.18. The average molecular weight is 857 g/mol. The molecule has 0 fully saturated rings. The maximum Gasteiger partial charge on any atom is 0.343 e. The number of rotatable bonds is 29. The van der Waals surface area contributed by atoms with E-state index in [4.69, 9.17) is 28.4 Å². The Morgan fingerprint density at radius 3 is 1.60 bits per heavy atom. The number of carbonyl (C=O) groups is 5. The minimum absolute atomic E-state index is 0.154. The van der Waals surface area contributed by atoms with Crippen molar-refractivity contribution in [3.8, 4) is 23.0 Å². The molecular weight excluding hydrogens is 797 g/mol. The number of methoxy groups -OCH3 is 3. The lowest BCUT2D eigenvalue weighted by molar-refractivity contribution is -0.139. The van der Waals surface area contributed by atoms with E-state index in [0.29, 0.717) is 54.6 Å². The number of hydrogen-bond donors (Lipinski definition) is 0. The smallest absolute Gasteiger partial charge is 0.343 e. The van der Waals surface area contributed by atoms with Crippen LogP contribution in [0, 0.1) is 0 Å². The molecule has 0 N–H and O–H groups in total. The largest absolute Gasteiger partial charge is 0.493 e. The number of unbranched alkanes of at least 4 members (excludes halogenated alkanes) is 10. The van der Waals surface area contributed by atoms with Gasteiger partial charge < -0.3 is 37.9 Å². The predicted octanol–water partition coefficient (Wildman–Crippen LogP) is 9.70. The maximum atomic E-state index is 13.4. The lowest BCUT2D eigenvalue weighted by Crippen LogP contribution is -2.12. The molecule has 0 unspecified atom stereocenters. The Bertz CT molecular complexity index is 1960. The summed E-state index contributed by atoms with van der Waals surface area (Å²) in [4.78, 5) is 60.7. The number of hydrogen-bond acceptors (Lipinski definition) is 13. The van der Waals surface area contributed by atoms with Crippen LogP contribution in [0.15, 0.2) is 85.0 Å². The van der Waals surface area contributed by atoms with Crippen LogP contribution in [0.5, 0.6) is 23.0 Å². The number of ether oxygens (including phenoxy) is 8. The molecule has 0 saturated carbocycles. The Morgan fingerprint density at radius 1 is 0.532 bits per heavy atom. The van der Waals surface area contributed by atoms with E-state index in [9.17, 15) is 24.0 Å². The van der Waals surface area contributed by atoms with E-state index >= 15 is 0 Å². The second-order valence-corrected chi connectivity index (χ2v) is 14.3. The molecule has 13 heteroatoms. The third-order valence-corrected chi connectivity index (χ3v) is 9.35. The van der Waals surface area contributed by atoms with Crippen molar-refractivity contribution in [2.45, 2.75) is 84.0 Å². The zero-order chi connectivity index (χ0) is 45.0. The van der Waals surface area contributed by atoms with Crippen LogP contribution >= 0.6 is 0 Å². The summed E-state index contributed by atoms with van der Waals surface area (Å²) < 4.78 is 43.1. The van der Waals surface area contributed by atoms with Gasteiger partial charge in [0, 0.05) is 17.7 Å². The first-order valence-electron chi connectivity index (χ1n) is 21.0. The fraction of sp³-hybridized carbons (Fsp3) is 0.408. The molecule has 0 aliphatic heterocycles. The fourth-order valence-corrected chi connectivity index (χ4v) is 5.84. The molecule has 0 aromatic heterocycles. The van der Waals surface area contributed by atoms with Crippen LogP contribution in [-0.2, 0) is 33.3 Å². The molecule has 3 rings (SSSR count). The molecule has 0 aliphatic rings. The standard InChI is InChI=1S/C49H60O13/c1-36(2)47(52)60-32-16-10-8-6-7-9-11-17-33-61-49(54)41-35-40(62-48(53)39-23-18-37(19-24-39)21-28-45(50)56-4)25-27-42(41)58-30-14-12-13-15-31-59-43-26-20-38(34-44(43)55-3)22-29-46(51)57-5/h18-29,34-35H,1,6-17,30-33H2,2-5H3. The summed E-state index contributed by atoms with van der Waals surface area (Å²) in [5.41, 5.74) is 2.30. The summed E-state index contributed by atoms with van der Waals surface area (Å²) >= 11 is 0. The molecule has 3 aromatic carbocycles. The van der Waals surface area contributed by atoms with Crippen LogP contribution in [0.2, 0.25) is 0 Å². The minimum atomic E-state index is -0.625. The molecule has 334 valence electrons. The fourth-order valence-electron chi connectivity index (χ4n) is 5.84. The summed E-state index contributed by atoms with van der Waals surface area (Å²) in [6.45, 7) is 6.70. The van der Waals surface area contributed by atoms with Gasteiger partial charge in [0.2, 0.25) is 0 Å². The number of benzene rings is 3. The number of carbonyl (C=O) groups excluding carboxylic acids is 5. The van der Waals surface area contributed by atoms with E-state index in [-0.39, 0.29) is 29.5 Å². The van der Waals surface area contributed by atoms with Crippen LogP contribution in [-0.4, -0.2) is 77.6 Å². The maximum absolute atomic E-state index is 13.4. The summed E-state index contributed by atoms with van der Waals surface area (Å²) in [5, 5.41) is 0. The van der Waals surface area contributed by atoms with Crippen LogP contribution < -0.4 is 18.9 Å². The lowest BCUT2D eigenvalue weighted by atomic mass is 10.1. The first-order chi connectivity index (χ1) is 30.0. The lowest BCUT2D eigenvalue weighted by Gasteiger charge is -2.14. The third kappa shape index (κ3) is 19.3. The Kier molecular flexibility index (Phi) is 23.4. The Morgan fingerprint density at radius 2 is 1.03 bits per heavy atom. The normalized spacial score (nSPS) is 10.9. The van der Waals surface area contributed by atoms with Crippen molar-refractivity contribution in [3.63, 3.8) is 0 Å². The molecule has 0 saturated heterocycles. The van der Waals surface area contributed by atoms with Gasteiger partial charge in [-0.2, -0.15) is 0 Å². The van der Waals surface area contributed by atoms with Gasteiger partial charge in [0.25, 0.3) is 0 Å². The summed E-state index contributed by atoms with van der Waals surface area (Å²) in [5.74, 6) is -0.851. The van der Waals surface area contributed by atoms with Crippen molar-refractivity contribution in [2.75, 3.05) is 47.8 Å². The van der Waals surface area contributed by atoms with Crippen LogP contribution in [0.1, 0.15) is 116 Å². The van der Waals surface area contributed by atoms with Gasteiger partial charge in [0.15, 0.2) is 11.5 Å². The first-order valence-corrected chi connectivity index (χ1v) is 21.0. The Balaban J connectivity index is 1.49. The summed E-state index contributed by atoms with van der Waals surface area (Å²) in [6.07, 6.45) is 16.7. The van der Waals surface area contributed by atoms with Gasteiger partial charge >= 0.3 is 29.8 Å². The highest BCUT2D eigenvalue weighted by Crippen LogP contribution is 2.29. The second kappa shape index (κ2) is 29.0. The highest BCUT2D eigenvalue weighted by atomic mass is 16.6. The van der Waals surface area contributed by atoms with Crippen molar-refractivity contribution < 1.29 is 61.9 Å². The molecular formula is C49H60O13. The quantitative estimate of drug-likeness (QED) is 0.0214. The Labute approximate surface area is 365 Å². The van der Waals surface area contributed by atoms with E-state index in [0.717, 1.165) is 76.2 Å². The molecule has 0 aliphatic carbocycles. The minimum Gasteiger partial charge on any atom is -0.493 e. The van der Waals surface area contributed by atoms with Crippen LogP contribution in [0.4, 0.5) is 0 Å². The van der Waals surface area contributed by atoms with Gasteiger partial charge in [-0.15, -0.1) is 0 Å². The molecule has 0 bridgehead atoms. The third-order valence-electron chi connectivity index (χ3n) is 9.35. The van der Waals surface area contributed by atoms with Gasteiger partial charge in [0.05, 0.1) is 53.3 Å². The molecule has 0 amide bonds. The monoisotopic (exact) mass is 856 g/mol. The first kappa shape index (κ1) is 50.0. The summed E-state index contributed by atoms with van der Waals surface area (Å²) in [6, 6.07) is 16.5. The molecule has 3 aromatic rings. The second-order valence-electron chi connectivity index (χ2n) is 14.3. The van der Waals surface area contributed by atoms with Crippen molar-refractivity contribution in [1.82, 2.24) is 0 Å². The van der Waals surface area contributed by atoms with Gasteiger partial charge in [-0.25, -0.2) is 24.0 Å². The van der Waals surface area contributed by atoms with Crippen molar-refractivity contribution in [3.05, 3.63) is 107 Å². The van der Waals surface area contributed by atoms with Gasteiger partial charge in [-0.3, -0.25) is 0 Å². The molecule has 0 spiro atoms. The van der Waals surface area contributed by atoms with Gasteiger partial charge in [-0.1, -0.05) is 63.3 Å². The summed E-state index contributed by atoms with van der Waals surface area (Å²) in [7, 11) is 4.17. The van der Waals surface area contributed by atoms with Gasteiger partial charge in [-0.05, 0) is 111 Å². The van der Waals surface area contributed by atoms with E-state index in [1.807, 2.05) is 6.07 Å². The molecule has 0 radical (unpaired) electrons. The van der Waals surface area contributed by atoms with E-state index in [1.165, 1.54) is 32.4 Å². The van der Waals surface area contributed by atoms with E-state index in [1.54, 1.807) is 74.7 Å². The predicted molar refractivity (Wildman–Crippen MR) is 235 cm³/mol. The van der Waals surface area contributed by atoms with E-state index in [2.05, 4.69) is 16.1 Å². The van der Waals surface area contributed by atoms with Crippen LogP contribution in [0.25, 0.3) is 12.2 Å². The molecule has 62 heavy (non-hydrogen) atoms. The SMILES string of the molecule is C=C(C)C(=O)OCCCCCCCCCCOC(=O)c1cc(OC(=O)c2ccc(C=CC(=O)OC)cc2)ccc1OCCCCCCOc1ccc(C=CC(=O)OC)cc1OC. The van der Waals surface area contributed by atoms with Gasteiger partial charge in [0.1, 0.15) is 17.1 Å². The Hall–Kier alpha value is -6.37. The topological polar surface area (TPSA) is 159 Å². The molecule has 0 atom stereocenters. The van der Waals surface area contributed by atoms with Crippen molar-refractivity contribution in [1.29, 1.82) is 0 Å².